The summed E-state index contributed by atoms with van der Waals surface area (Å²) in [6.45, 7) is 8.13. The summed E-state index contributed by atoms with van der Waals surface area (Å²) in [7, 11) is 0. The summed E-state index contributed by atoms with van der Waals surface area (Å²) < 4.78 is 11.4. The summed E-state index contributed by atoms with van der Waals surface area (Å²) in [4.78, 5) is 12.8. The average molecular weight is 465 g/mol. The van der Waals surface area contributed by atoms with Crippen molar-refractivity contribution in [1.82, 2.24) is 10.6 Å². The minimum atomic E-state index is -0.0151. The lowest BCUT2D eigenvalue weighted by atomic mass is 9.86. The molecule has 2 N–H and O–H groups in total. The number of nitrogens with one attached hydrogen (secondary N) is 2. The van der Waals surface area contributed by atoms with E-state index < -0.39 is 0 Å². The molecule has 1 fully saturated rings. The van der Waals surface area contributed by atoms with E-state index in [0.29, 0.717) is 24.3 Å². The summed E-state index contributed by atoms with van der Waals surface area (Å²) in [6.07, 6.45) is 7.52. The highest BCUT2D eigenvalue weighted by atomic mass is 16.5. The molecule has 1 saturated heterocycles. The first-order valence-electron chi connectivity index (χ1n) is 13.1. The molecule has 0 radical (unpaired) electrons. The van der Waals surface area contributed by atoms with Gasteiger partial charge in [0.2, 0.25) is 0 Å². The van der Waals surface area contributed by atoms with Gasteiger partial charge in [0.05, 0.1) is 6.10 Å². The maximum atomic E-state index is 12.8. The second kappa shape index (κ2) is 11.9. The Labute approximate surface area is 204 Å². The van der Waals surface area contributed by atoms with Crippen molar-refractivity contribution in [3.8, 4) is 5.75 Å². The molecule has 3 atom stereocenters. The van der Waals surface area contributed by atoms with Gasteiger partial charge in [0.25, 0.3) is 5.91 Å². The molecular formula is C29H40N2O3. The molecule has 1 heterocycles. The summed E-state index contributed by atoms with van der Waals surface area (Å²) in [5.41, 5.74) is 4.81. The summed E-state index contributed by atoms with van der Waals surface area (Å²) >= 11 is 0. The van der Waals surface area contributed by atoms with Crippen molar-refractivity contribution in [1.29, 1.82) is 0 Å². The molecule has 0 spiro atoms. The number of benzene rings is 2. The fourth-order valence-electron chi connectivity index (χ4n) is 5.08. The maximum Gasteiger partial charge on any atom is 0.251 e. The van der Waals surface area contributed by atoms with Crippen LogP contribution in [0.3, 0.4) is 0 Å². The van der Waals surface area contributed by atoms with Gasteiger partial charge in [-0.2, -0.15) is 0 Å². The van der Waals surface area contributed by atoms with E-state index in [4.69, 9.17) is 9.47 Å². The molecule has 2 aliphatic rings. The molecule has 0 aromatic heterocycles. The van der Waals surface area contributed by atoms with Crippen LogP contribution in [0.25, 0.3) is 0 Å². The quantitative estimate of drug-likeness (QED) is 0.496. The summed E-state index contributed by atoms with van der Waals surface area (Å²) in [6, 6.07) is 15.4. The Bertz CT molecular complexity index is 933. The normalized spacial score (nSPS) is 20.7. The minimum absolute atomic E-state index is 0.0151. The Morgan fingerprint density at radius 3 is 2.59 bits per heavy atom. The molecule has 5 nitrogen and oxygen atoms in total. The van der Waals surface area contributed by atoms with Crippen LogP contribution in [0.4, 0.5) is 0 Å². The molecule has 0 unspecified atom stereocenters. The Balaban J connectivity index is 1.29. The highest BCUT2D eigenvalue weighted by Crippen LogP contribution is 2.26. The van der Waals surface area contributed by atoms with Crippen LogP contribution in [-0.4, -0.2) is 37.3 Å². The lowest BCUT2D eigenvalue weighted by Crippen LogP contribution is -2.39. The molecule has 1 aliphatic heterocycles. The van der Waals surface area contributed by atoms with E-state index in [1.165, 1.54) is 16.7 Å². The predicted octanol–water partition coefficient (Wildman–Crippen LogP) is 5.37. The zero-order valence-electron chi connectivity index (χ0n) is 20.9. The van der Waals surface area contributed by atoms with E-state index in [1.807, 2.05) is 24.3 Å². The molecule has 1 aliphatic carbocycles. The van der Waals surface area contributed by atoms with Gasteiger partial charge >= 0.3 is 0 Å². The van der Waals surface area contributed by atoms with Crippen molar-refractivity contribution in [2.45, 2.75) is 89.9 Å². The molecule has 5 heteroatoms. The highest BCUT2D eigenvalue weighted by Gasteiger charge is 2.22. The fraction of sp³-hybridized carbons (Fsp3) is 0.552. The van der Waals surface area contributed by atoms with Crippen molar-refractivity contribution < 1.29 is 14.3 Å². The minimum Gasteiger partial charge on any atom is -0.491 e. The van der Waals surface area contributed by atoms with Gasteiger partial charge in [-0.1, -0.05) is 32.0 Å². The molecule has 1 amide bonds. The molecule has 0 bridgehead atoms. The van der Waals surface area contributed by atoms with Crippen LogP contribution in [0.5, 0.6) is 5.75 Å². The van der Waals surface area contributed by atoms with Crippen LogP contribution in [0.2, 0.25) is 0 Å². The molecule has 184 valence electrons. The number of carbonyl (C=O) groups is 1. The van der Waals surface area contributed by atoms with Crippen molar-refractivity contribution >= 4 is 5.91 Å². The van der Waals surface area contributed by atoms with Crippen LogP contribution in [0.1, 0.15) is 86.0 Å². The maximum absolute atomic E-state index is 12.8. The second-order valence-electron chi connectivity index (χ2n) is 9.81. The molecule has 2 aromatic rings. The van der Waals surface area contributed by atoms with Crippen molar-refractivity contribution in [2.75, 3.05) is 13.2 Å². The van der Waals surface area contributed by atoms with Gasteiger partial charge in [-0.25, -0.2) is 0 Å². The Morgan fingerprint density at radius 1 is 1.09 bits per heavy atom. The van der Waals surface area contributed by atoms with Gasteiger partial charge in [0.15, 0.2) is 0 Å². The standard InChI is InChI=1S/C29H40N2O3/c1-4-25(5-2)30-20(3)22-8-9-24-18-26(13-10-23(24)17-22)31-29(32)21-11-14-27(15-12-21)34-19-28-7-6-16-33-28/h8-9,11-12,14-15,17,20,25-26,28,30H,4-7,10,13,16,18-19H2,1-3H3,(H,31,32)/t20-,26+,28+/m1/s1. The Hall–Kier alpha value is -2.37. The topological polar surface area (TPSA) is 59.6 Å². The predicted molar refractivity (Wildman–Crippen MR) is 137 cm³/mol. The van der Waals surface area contributed by atoms with Gasteiger partial charge in [-0.05, 0) is 92.8 Å². The first kappa shape index (κ1) is 24.7. The summed E-state index contributed by atoms with van der Waals surface area (Å²) in [5.74, 6) is 0.765. The third-order valence-corrected chi connectivity index (χ3v) is 7.34. The first-order valence-corrected chi connectivity index (χ1v) is 13.1. The van der Waals surface area contributed by atoms with Gasteiger partial charge in [0, 0.05) is 30.3 Å². The number of rotatable bonds is 10. The summed E-state index contributed by atoms with van der Waals surface area (Å²) in [5, 5.41) is 6.99. The lowest BCUT2D eigenvalue weighted by Gasteiger charge is -2.27. The number of hydrogen-bond donors (Lipinski definition) is 2. The number of aryl methyl sites for hydroxylation is 1. The van der Waals surface area contributed by atoms with Gasteiger partial charge in [-0.15, -0.1) is 0 Å². The van der Waals surface area contributed by atoms with Crippen molar-refractivity contribution in [2.24, 2.45) is 0 Å². The third kappa shape index (κ3) is 6.39. The molecule has 34 heavy (non-hydrogen) atoms. The van der Waals surface area contributed by atoms with Crippen LogP contribution in [-0.2, 0) is 17.6 Å². The molecular weight excluding hydrogens is 424 g/mol. The number of fused-ring (bicyclic) bond motifs is 1. The Morgan fingerprint density at radius 2 is 1.88 bits per heavy atom. The zero-order chi connectivity index (χ0) is 23.9. The Kier molecular flexibility index (Phi) is 8.63. The monoisotopic (exact) mass is 464 g/mol. The second-order valence-corrected chi connectivity index (χ2v) is 9.81. The smallest absolute Gasteiger partial charge is 0.251 e. The van der Waals surface area contributed by atoms with Crippen LogP contribution in [0, 0.1) is 0 Å². The number of carbonyl (C=O) groups excluding carboxylic acids is 1. The van der Waals surface area contributed by atoms with E-state index in [2.05, 4.69) is 49.6 Å². The van der Waals surface area contributed by atoms with Gasteiger partial charge in [0.1, 0.15) is 12.4 Å². The molecule has 2 aromatic carbocycles. The number of amides is 1. The third-order valence-electron chi connectivity index (χ3n) is 7.34. The lowest BCUT2D eigenvalue weighted by molar-refractivity contribution is 0.0679. The average Bonchev–Trinajstić information content (AvgIpc) is 3.39. The fourth-order valence-corrected chi connectivity index (χ4v) is 5.08. The largest absolute Gasteiger partial charge is 0.491 e. The van der Waals surface area contributed by atoms with Gasteiger partial charge in [-0.3, -0.25) is 4.79 Å². The van der Waals surface area contributed by atoms with E-state index in [0.717, 1.165) is 57.3 Å². The van der Waals surface area contributed by atoms with Crippen LogP contribution in [0.15, 0.2) is 42.5 Å². The van der Waals surface area contributed by atoms with E-state index >= 15 is 0 Å². The van der Waals surface area contributed by atoms with Crippen LogP contribution < -0.4 is 15.4 Å². The number of hydrogen-bond acceptors (Lipinski definition) is 4. The highest BCUT2D eigenvalue weighted by molar-refractivity contribution is 5.94. The van der Waals surface area contributed by atoms with Crippen molar-refractivity contribution in [3.63, 3.8) is 0 Å². The van der Waals surface area contributed by atoms with E-state index in [1.54, 1.807) is 0 Å². The first-order chi connectivity index (χ1) is 16.6. The SMILES string of the molecule is CCC(CC)N[C@H](C)c1ccc2c(c1)CC[C@H](NC(=O)c1ccc(OC[C@@H]3CCCO3)cc1)C2. The van der Waals surface area contributed by atoms with Crippen molar-refractivity contribution in [3.05, 3.63) is 64.7 Å². The molecule has 4 rings (SSSR count). The van der Waals surface area contributed by atoms with Crippen LogP contribution >= 0.6 is 0 Å². The molecule has 0 saturated carbocycles. The van der Waals surface area contributed by atoms with E-state index in [9.17, 15) is 4.79 Å². The number of ether oxygens (including phenoxy) is 2. The van der Waals surface area contributed by atoms with Gasteiger partial charge < -0.3 is 20.1 Å². The zero-order valence-corrected chi connectivity index (χ0v) is 20.9. The van der Waals surface area contributed by atoms with E-state index in [-0.39, 0.29) is 18.1 Å².